The Balaban J connectivity index is 1.79. The number of alkyl halides is 3. The molecule has 0 bridgehead atoms. The Morgan fingerprint density at radius 2 is 1.54 bits per heavy atom. The van der Waals surface area contributed by atoms with Gasteiger partial charge in [-0.3, -0.25) is 9.59 Å². The summed E-state index contributed by atoms with van der Waals surface area (Å²) >= 11 is 0. The molecule has 1 heterocycles. The Kier molecular flexibility index (Phi) is 4.48. The van der Waals surface area contributed by atoms with Crippen LogP contribution < -0.4 is 0 Å². The first-order valence-corrected chi connectivity index (χ1v) is 7.99. The molecule has 26 heavy (non-hydrogen) atoms. The van der Waals surface area contributed by atoms with Gasteiger partial charge in [-0.2, -0.15) is 13.2 Å². The fourth-order valence-corrected chi connectivity index (χ4v) is 3.13. The molecular weight excluding hydrogens is 347 g/mol. The number of halogens is 3. The second-order valence-electron chi connectivity index (χ2n) is 6.31. The van der Waals surface area contributed by atoms with Crippen LogP contribution >= 0.6 is 0 Å². The average Bonchev–Trinajstić information content (AvgIpc) is 3.09. The second kappa shape index (κ2) is 6.48. The summed E-state index contributed by atoms with van der Waals surface area (Å²) in [5.41, 5.74) is -0.839. The zero-order valence-electron chi connectivity index (χ0n) is 13.7. The highest BCUT2D eigenvalue weighted by Crippen LogP contribution is 2.46. The fraction of sp³-hybridized carbons (Fsp3) is 0.263. The number of amides is 1. The van der Waals surface area contributed by atoms with Gasteiger partial charge in [-0.1, -0.05) is 42.5 Å². The van der Waals surface area contributed by atoms with Crippen molar-refractivity contribution >= 4 is 11.9 Å². The SMILES string of the molecule is O=C(c1ccc(-c2ccccc2)cc1)N1CCC(C(=O)O)(C(F)(F)F)C1. The van der Waals surface area contributed by atoms with Gasteiger partial charge in [0, 0.05) is 18.7 Å². The lowest BCUT2D eigenvalue weighted by Gasteiger charge is -2.27. The third-order valence-corrected chi connectivity index (χ3v) is 4.75. The maximum Gasteiger partial charge on any atom is 0.406 e. The number of hydrogen-bond acceptors (Lipinski definition) is 2. The molecule has 1 amide bonds. The highest BCUT2D eigenvalue weighted by molar-refractivity contribution is 5.95. The van der Waals surface area contributed by atoms with E-state index in [2.05, 4.69) is 0 Å². The molecule has 0 spiro atoms. The number of rotatable bonds is 3. The summed E-state index contributed by atoms with van der Waals surface area (Å²) in [6.07, 6.45) is -5.55. The van der Waals surface area contributed by atoms with Crippen LogP contribution in [-0.2, 0) is 4.79 Å². The van der Waals surface area contributed by atoms with Crippen molar-refractivity contribution in [1.82, 2.24) is 4.90 Å². The number of hydrogen-bond donors (Lipinski definition) is 1. The molecule has 136 valence electrons. The van der Waals surface area contributed by atoms with Crippen LogP contribution in [0.5, 0.6) is 0 Å². The number of aliphatic carboxylic acids is 1. The van der Waals surface area contributed by atoms with E-state index in [1.165, 1.54) is 0 Å². The van der Waals surface area contributed by atoms with Gasteiger partial charge >= 0.3 is 12.1 Å². The minimum Gasteiger partial charge on any atom is -0.481 e. The van der Waals surface area contributed by atoms with Gasteiger partial charge in [-0.05, 0) is 29.7 Å². The number of carbonyl (C=O) groups is 2. The fourth-order valence-electron chi connectivity index (χ4n) is 3.13. The second-order valence-corrected chi connectivity index (χ2v) is 6.31. The Labute approximate surface area is 147 Å². The van der Waals surface area contributed by atoms with Gasteiger partial charge < -0.3 is 10.0 Å². The number of likely N-dealkylation sites (tertiary alicyclic amines) is 1. The van der Waals surface area contributed by atoms with Crippen LogP contribution in [0.25, 0.3) is 11.1 Å². The Morgan fingerprint density at radius 3 is 2.04 bits per heavy atom. The van der Waals surface area contributed by atoms with Crippen LogP contribution in [0.15, 0.2) is 54.6 Å². The molecule has 1 atom stereocenters. The molecule has 2 aromatic carbocycles. The molecular formula is C19H16F3NO3. The minimum absolute atomic E-state index is 0.230. The molecule has 3 rings (SSSR count). The van der Waals surface area contributed by atoms with Crippen LogP contribution in [0.3, 0.4) is 0 Å². The van der Waals surface area contributed by atoms with Gasteiger partial charge in [-0.25, -0.2) is 0 Å². The number of nitrogens with zero attached hydrogens (tertiary/aromatic N) is 1. The van der Waals surface area contributed by atoms with Gasteiger partial charge in [-0.15, -0.1) is 0 Å². The lowest BCUT2D eigenvalue weighted by molar-refractivity contribution is -0.227. The van der Waals surface area contributed by atoms with Gasteiger partial charge in [0.25, 0.3) is 5.91 Å². The summed E-state index contributed by atoms with van der Waals surface area (Å²) in [6.45, 7) is -1.11. The normalized spacial score (nSPS) is 20.2. The predicted octanol–water partition coefficient (Wildman–Crippen LogP) is 3.83. The number of carboxylic acid groups (broad SMARTS) is 1. The van der Waals surface area contributed by atoms with E-state index < -0.39 is 36.4 Å². The van der Waals surface area contributed by atoms with Crippen LogP contribution in [0, 0.1) is 5.41 Å². The van der Waals surface area contributed by atoms with Crippen molar-refractivity contribution in [3.8, 4) is 11.1 Å². The van der Waals surface area contributed by atoms with Gasteiger partial charge in [0.1, 0.15) is 0 Å². The summed E-state index contributed by atoms with van der Waals surface area (Å²) in [6, 6.07) is 16.0. The van der Waals surface area contributed by atoms with E-state index in [1.54, 1.807) is 24.3 Å². The van der Waals surface area contributed by atoms with Crippen LogP contribution in [0.2, 0.25) is 0 Å². The lowest BCUT2D eigenvalue weighted by Crippen LogP contribution is -2.47. The van der Waals surface area contributed by atoms with Crippen molar-refractivity contribution in [3.63, 3.8) is 0 Å². The first-order chi connectivity index (χ1) is 12.2. The molecule has 0 saturated carbocycles. The van der Waals surface area contributed by atoms with Crippen molar-refractivity contribution < 1.29 is 27.9 Å². The zero-order valence-corrected chi connectivity index (χ0v) is 13.7. The minimum atomic E-state index is -4.91. The van der Waals surface area contributed by atoms with E-state index in [9.17, 15) is 22.8 Å². The monoisotopic (exact) mass is 363 g/mol. The molecule has 1 aliphatic rings. The number of carboxylic acids is 1. The molecule has 7 heteroatoms. The average molecular weight is 363 g/mol. The van der Waals surface area contributed by atoms with E-state index in [0.29, 0.717) is 0 Å². The summed E-state index contributed by atoms with van der Waals surface area (Å²) in [7, 11) is 0. The standard InChI is InChI=1S/C19H16F3NO3/c20-19(21,22)18(17(25)26)10-11-23(12-18)16(24)15-8-6-14(7-9-15)13-4-2-1-3-5-13/h1-9H,10-12H2,(H,25,26). The largest absolute Gasteiger partial charge is 0.481 e. The Morgan fingerprint density at radius 1 is 0.962 bits per heavy atom. The lowest BCUT2D eigenvalue weighted by atomic mass is 9.86. The van der Waals surface area contributed by atoms with Gasteiger partial charge in [0.15, 0.2) is 5.41 Å². The van der Waals surface area contributed by atoms with E-state index in [1.807, 2.05) is 30.3 Å². The number of benzene rings is 2. The third-order valence-electron chi connectivity index (χ3n) is 4.75. The first-order valence-electron chi connectivity index (χ1n) is 7.99. The Hall–Kier alpha value is -2.83. The van der Waals surface area contributed by atoms with Crippen molar-refractivity contribution in [3.05, 3.63) is 60.2 Å². The Bertz CT molecular complexity index is 818. The maximum absolute atomic E-state index is 13.2. The van der Waals surface area contributed by atoms with Gasteiger partial charge in [0.05, 0.1) is 0 Å². The molecule has 1 saturated heterocycles. The van der Waals surface area contributed by atoms with Crippen molar-refractivity contribution in [2.24, 2.45) is 5.41 Å². The zero-order chi connectivity index (χ0) is 18.9. The predicted molar refractivity (Wildman–Crippen MR) is 88.5 cm³/mol. The van der Waals surface area contributed by atoms with Crippen molar-refractivity contribution in [1.29, 1.82) is 0 Å². The van der Waals surface area contributed by atoms with Crippen molar-refractivity contribution in [2.75, 3.05) is 13.1 Å². The molecule has 2 aromatic rings. The third kappa shape index (κ3) is 3.05. The van der Waals surface area contributed by atoms with E-state index >= 15 is 0 Å². The molecule has 4 nitrogen and oxygen atoms in total. The van der Waals surface area contributed by atoms with Crippen LogP contribution in [0.1, 0.15) is 16.8 Å². The molecule has 0 radical (unpaired) electrons. The number of carbonyl (C=O) groups excluding carboxylic acids is 1. The molecule has 1 aliphatic heterocycles. The summed E-state index contributed by atoms with van der Waals surface area (Å²) in [4.78, 5) is 24.7. The quantitative estimate of drug-likeness (QED) is 0.902. The highest BCUT2D eigenvalue weighted by Gasteiger charge is 2.64. The van der Waals surface area contributed by atoms with Crippen molar-refractivity contribution in [2.45, 2.75) is 12.6 Å². The van der Waals surface area contributed by atoms with Crippen LogP contribution in [-0.4, -0.2) is 41.1 Å². The smallest absolute Gasteiger partial charge is 0.406 e. The molecule has 1 N–H and O–H groups in total. The topological polar surface area (TPSA) is 57.6 Å². The van der Waals surface area contributed by atoms with E-state index in [-0.39, 0.29) is 12.1 Å². The highest BCUT2D eigenvalue weighted by atomic mass is 19.4. The molecule has 1 fully saturated rings. The van der Waals surface area contributed by atoms with Gasteiger partial charge in [0.2, 0.25) is 0 Å². The summed E-state index contributed by atoms with van der Waals surface area (Å²) in [5, 5.41) is 9.07. The first kappa shape index (κ1) is 18.0. The summed E-state index contributed by atoms with van der Waals surface area (Å²) in [5.74, 6) is -2.54. The molecule has 0 aromatic heterocycles. The van der Waals surface area contributed by atoms with Crippen LogP contribution in [0.4, 0.5) is 13.2 Å². The summed E-state index contributed by atoms with van der Waals surface area (Å²) < 4.78 is 39.7. The van der Waals surface area contributed by atoms with E-state index in [0.717, 1.165) is 16.0 Å². The maximum atomic E-state index is 13.2. The van der Waals surface area contributed by atoms with E-state index in [4.69, 9.17) is 5.11 Å². The molecule has 0 aliphatic carbocycles. The molecule has 1 unspecified atom stereocenters.